The Hall–Kier alpha value is -0.970. The molecule has 15 heavy (non-hydrogen) atoms. The maximum Gasteiger partial charge on any atom is 0.160 e. The number of phenolic OH excluding ortho intramolecular Hbond substituents is 1. The Labute approximate surface area is 95.1 Å². The van der Waals surface area contributed by atoms with Crippen molar-refractivity contribution >= 4 is 12.4 Å². The number of benzene rings is 1. The maximum atomic E-state index is 9.47. The molecule has 1 aromatic rings. The average Bonchev–Trinajstić information content (AvgIpc) is 2.18. The highest BCUT2D eigenvalue weighted by Gasteiger charge is 2.08. The van der Waals surface area contributed by atoms with Crippen molar-refractivity contribution in [1.82, 2.24) is 0 Å². The van der Waals surface area contributed by atoms with Crippen LogP contribution < -0.4 is 10.5 Å². The van der Waals surface area contributed by atoms with Gasteiger partial charge in [-0.05, 0) is 24.1 Å². The molecular formula is C10H16ClNO3. The number of aliphatic hydroxyl groups is 1. The fourth-order valence-electron chi connectivity index (χ4n) is 1.24. The lowest BCUT2D eigenvalue weighted by Gasteiger charge is -2.11. The summed E-state index contributed by atoms with van der Waals surface area (Å²) in [6.45, 7) is 0.0357. The SMILES string of the molecule is COc1ccc(C(N)CCO)cc1O.Cl. The first-order valence-electron chi connectivity index (χ1n) is 4.42. The van der Waals surface area contributed by atoms with Gasteiger partial charge < -0.3 is 20.7 Å². The minimum absolute atomic E-state index is 0. The first kappa shape index (κ1) is 14.0. The molecule has 0 aliphatic carbocycles. The van der Waals surface area contributed by atoms with Crippen LogP contribution in [0.4, 0.5) is 0 Å². The van der Waals surface area contributed by atoms with Gasteiger partial charge in [0.1, 0.15) is 0 Å². The van der Waals surface area contributed by atoms with Crippen LogP contribution >= 0.6 is 12.4 Å². The third-order valence-corrected chi connectivity index (χ3v) is 2.07. The van der Waals surface area contributed by atoms with Gasteiger partial charge in [-0.3, -0.25) is 0 Å². The van der Waals surface area contributed by atoms with Crippen LogP contribution in [0.2, 0.25) is 0 Å². The second-order valence-electron chi connectivity index (χ2n) is 3.05. The lowest BCUT2D eigenvalue weighted by molar-refractivity contribution is 0.276. The second-order valence-corrected chi connectivity index (χ2v) is 3.05. The fraction of sp³-hybridized carbons (Fsp3) is 0.400. The Bertz CT molecular complexity index is 307. The number of rotatable bonds is 4. The summed E-state index contributed by atoms with van der Waals surface area (Å²) in [4.78, 5) is 0. The molecule has 1 unspecified atom stereocenters. The Kier molecular flexibility index (Phi) is 6.08. The predicted octanol–water partition coefficient (Wildman–Crippen LogP) is 1.20. The Morgan fingerprint density at radius 3 is 2.60 bits per heavy atom. The van der Waals surface area contributed by atoms with E-state index in [1.165, 1.54) is 7.11 Å². The van der Waals surface area contributed by atoms with Crippen LogP contribution in [0.3, 0.4) is 0 Å². The smallest absolute Gasteiger partial charge is 0.160 e. The monoisotopic (exact) mass is 233 g/mol. The molecule has 4 nitrogen and oxygen atoms in total. The maximum absolute atomic E-state index is 9.47. The zero-order valence-corrected chi connectivity index (χ0v) is 9.33. The number of nitrogens with two attached hydrogens (primary N) is 1. The van der Waals surface area contributed by atoms with E-state index in [-0.39, 0.29) is 30.8 Å². The quantitative estimate of drug-likeness (QED) is 0.731. The molecule has 0 bridgehead atoms. The number of halogens is 1. The van der Waals surface area contributed by atoms with Gasteiger partial charge in [-0.15, -0.1) is 12.4 Å². The lowest BCUT2D eigenvalue weighted by Crippen LogP contribution is -2.11. The van der Waals surface area contributed by atoms with Gasteiger partial charge in [-0.1, -0.05) is 6.07 Å². The molecule has 86 valence electrons. The fourth-order valence-corrected chi connectivity index (χ4v) is 1.24. The molecule has 0 aliphatic rings. The van der Waals surface area contributed by atoms with Gasteiger partial charge >= 0.3 is 0 Å². The lowest BCUT2D eigenvalue weighted by atomic mass is 10.0. The van der Waals surface area contributed by atoms with Gasteiger partial charge in [0.15, 0.2) is 11.5 Å². The molecular weight excluding hydrogens is 218 g/mol. The van der Waals surface area contributed by atoms with Crippen LogP contribution in [0.1, 0.15) is 18.0 Å². The summed E-state index contributed by atoms with van der Waals surface area (Å²) in [5, 5.41) is 18.2. The van der Waals surface area contributed by atoms with E-state index in [2.05, 4.69) is 0 Å². The van der Waals surface area contributed by atoms with Gasteiger partial charge in [0, 0.05) is 12.6 Å². The number of ether oxygens (including phenoxy) is 1. The topological polar surface area (TPSA) is 75.7 Å². The van der Waals surface area contributed by atoms with Gasteiger partial charge in [-0.2, -0.15) is 0 Å². The number of methoxy groups -OCH3 is 1. The number of aromatic hydroxyl groups is 1. The van der Waals surface area contributed by atoms with Crippen molar-refractivity contribution in [2.24, 2.45) is 5.73 Å². The van der Waals surface area contributed by atoms with Gasteiger partial charge in [-0.25, -0.2) is 0 Å². The van der Waals surface area contributed by atoms with E-state index >= 15 is 0 Å². The van der Waals surface area contributed by atoms with Crippen LogP contribution in [0, 0.1) is 0 Å². The number of aliphatic hydroxyl groups excluding tert-OH is 1. The van der Waals surface area contributed by atoms with Crippen molar-refractivity contribution in [3.05, 3.63) is 23.8 Å². The third kappa shape index (κ3) is 3.58. The minimum atomic E-state index is -0.253. The molecule has 0 radical (unpaired) electrons. The van der Waals surface area contributed by atoms with E-state index in [9.17, 15) is 5.11 Å². The van der Waals surface area contributed by atoms with E-state index < -0.39 is 0 Å². The van der Waals surface area contributed by atoms with Crippen molar-refractivity contribution in [3.63, 3.8) is 0 Å². The van der Waals surface area contributed by atoms with Crippen molar-refractivity contribution in [2.75, 3.05) is 13.7 Å². The third-order valence-electron chi connectivity index (χ3n) is 2.07. The second kappa shape index (κ2) is 6.50. The van der Waals surface area contributed by atoms with E-state index in [0.717, 1.165) is 5.56 Å². The molecule has 5 heteroatoms. The van der Waals surface area contributed by atoms with Gasteiger partial charge in [0.2, 0.25) is 0 Å². The highest BCUT2D eigenvalue weighted by Crippen LogP contribution is 2.28. The van der Waals surface area contributed by atoms with Crippen molar-refractivity contribution < 1.29 is 14.9 Å². The van der Waals surface area contributed by atoms with Gasteiger partial charge in [0.25, 0.3) is 0 Å². The summed E-state index contributed by atoms with van der Waals surface area (Å²) in [6, 6.07) is 4.73. The standard InChI is InChI=1S/C10H15NO3.ClH/c1-14-10-3-2-7(6-9(10)13)8(11)4-5-12;/h2-3,6,8,12-13H,4-5,11H2,1H3;1H. The first-order valence-corrected chi connectivity index (χ1v) is 4.42. The summed E-state index contributed by atoms with van der Waals surface area (Å²) < 4.78 is 4.90. The zero-order chi connectivity index (χ0) is 10.6. The van der Waals surface area contributed by atoms with E-state index in [1.807, 2.05) is 0 Å². The summed E-state index contributed by atoms with van der Waals surface area (Å²) in [5.74, 6) is 0.489. The van der Waals surface area contributed by atoms with Crippen LogP contribution in [0.5, 0.6) is 11.5 Å². The molecule has 0 saturated carbocycles. The van der Waals surface area contributed by atoms with E-state index in [0.29, 0.717) is 12.2 Å². The highest BCUT2D eigenvalue weighted by molar-refractivity contribution is 5.85. The summed E-state index contributed by atoms with van der Waals surface area (Å²) in [5.41, 5.74) is 6.54. The molecule has 1 aromatic carbocycles. The molecule has 1 rings (SSSR count). The number of phenols is 1. The molecule has 0 spiro atoms. The van der Waals surface area contributed by atoms with Crippen molar-refractivity contribution in [1.29, 1.82) is 0 Å². The Morgan fingerprint density at radius 2 is 2.13 bits per heavy atom. The van der Waals surface area contributed by atoms with E-state index in [1.54, 1.807) is 18.2 Å². The predicted molar refractivity (Wildman–Crippen MR) is 60.5 cm³/mol. The molecule has 0 aliphatic heterocycles. The molecule has 0 amide bonds. The highest BCUT2D eigenvalue weighted by atomic mass is 35.5. The van der Waals surface area contributed by atoms with Gasteiger partial charge in [0.05, 0.1) is 7.11 Å². The van der Waals surface area contributed by atoms with Crippen LogP contribution in [0.15, 0.2) is 18.2 Å². The number of hydrogen-bond acceptors (Lipinski definition) is 4. The Balaban J connectivity index is 0.00000196. The summed E-state index contributed by atoms with van der Waals surface area (Å²) in [7, 11) is 1.49. The number of hydrogen-bond donors (Lipinski definition) is 3. The summed E-state index contributed by atoms with van der Waals surface area (Å²) >= 11 is 0. The average molecular weight is 234 g/mol. The molecule has 0 saturated heterocycles. The normalized spacial score (nSPS) is 11.7. The largest absolute Gasteiger partial charge is 0.504 e. The minimum Gasteiger partial charge on any atom is -0.504 e. The molecule has 0 heterocycles. The Morgan fingerprint density at radius 1 is 1.47 bits per heavy atom. The zero-order valence-electron chi connectivity index (χ0n) is 8.51. The van der Waals surface area contributed by atoms with Crippen LogP contribution in [0.25, 0.3) is 0 Å². The van der Waals surface area contributed by atoms with E-state index in [4.69, 9.17) is 15.6 Å². The van der Waals surface area contributed by atoms with Crippen LogP contribution in [-0.4, -0.2) is 23.9 Å². The van der Waals surface area contributed by atoms with Crippen molar-refractivity contribution in [3.8, 4) is 11.5 Å². The van der Waals surface area contributed by atoms with Crippen molar-refractivity contribution in [2.45, 2.75) is 12.5 Å². The first-order chi connectivity index (χ1) is 6.69. The summed E-state index contributed by atoms with van der Waals surface area (Å²) in [6.07, 6.45) is 0.478. The molecule has 0 fully saturated rings. The molecule has 0 aromatic heterocycles. The molecule has 4 N–H and O–H groups in total. The molecule has 1 atom stereocenters. The van der Waals surface area contributed by atoms with Crippen LogP contribution in [-0.2, 0) is 0 Å².